The zero-order valence-corrected chi connectivity index (χ0v) is 11.2. The molecule has 0 amide bonds. The molecule has 0 bridgehead atoms. The molecule has 1 atom stereocenters. The second-order valence-corrected chi connectivity index (χ2v) is 4.47. The van der Waals surface area contributed by atoms with Crippen molar-refractivity contribution in [3.8, 4) is 17.0 Å². The van der Waals surface area contributed by atoms with Crippen molar-refractivity contribution < 1.29 is 9.84 Å². The Labute approximate surface area is 115 Å². The van der Waals surface area contributed by atoms with E-state index in [1.165, 1.54) is 0 Å². The van der Waals surface area contributed by atoms with Gasteiger partial charge in [-0.3, -0.25) is 5.10 Å². The third-order valence-electron chi connectivity index (χ3n) is 3.07. The molecule has 0 aliphatic rings. The van der Waals surface area contributed by atoms with E-state index in [4.69, 9.17) is 4.74 Å². The molecule has 2 N–H and O–H groups in total. The number of benzene rings is 1. The summed E-state index contributed by atoms with van der Waals surface area (Å²) >= 11 is 0. The van der Waals surface area contributed by atoms with E-state index >= 15 is 0 Å². The Morgan fingerprint density at radius 3 is 2.60 bits per heavy atom. The molecule has 0 spiro atoms. The monoisotopic (exact) mass is 270 g/mol. The number of aromatic nitrogens is 4. The Balaban J connectivity index is 2.18. The van der Waals surface area contributed by atoms with E-state index < -0.39 is 6.10 Å². The van der Waals surface area contributed by atoms with Gasteiger partial charge in [0.1, 0.15) is 11.3 Å². The SMILES string of the molecule is COc1ccc(-c2nc3cn[nH]c3nc2C(C)O)cc1. The molecule has 0 radical (unpaired) electrons. The van der Waals surface area contributed by atoms with Gasteiger partial charge in [0, 0.05) is 5.56 Å². The van der Waals surface area contributed by atoms with Crippen molar-refractivity contribution >= 4 is 11.2 Å². The van der Waals surface area contributed by atoms with Crippen LogP contribution in [0.15, 0.2) is 30.5 Å². The van der Waals surface area contributed by atoms with Gasteiger partial charge in [0.15, 0.2) is 5.65 Å². The molecule has 0 saturated heterocycles. The second-order valence-electron chi connectivity index (χ2n) is 4.47. The van der Waals surface area contributed by atoms with Crippen LogP contribution in [0.3, 0.4) is 0 Å². The highest BCUT2D eigenvalue weighted by Gasteiger charge is 2.16. The third kappa shape index (κ3) is 2.10. The molecule has 3 rings (SSSR count). The maximum Gasteiger partial charge on any atom is 0.174 e. The highest BCUT2D eigenvalue weighted by Crippen LogP contribution is 2.28. The lowest BCUT2D eigenvalue weighted by Gasteiger charge is -2.10. The van der Waals surface area contributed by atoms with Crippen molar-refractivity contribution in [3.63, 3.8) is 0 Å². The molecule has 2 aromatic heterocycles. The van der Waals surface area contributed by atoms with E-state index in [0.29, 0.717) is 22.6 Å². The predicted octanol–water partition coefficient (Wildman–Crippen LogP) is 2.08. The van der Waals surface area contributed by atoms with Crippen LogP contribution in [0.25, 0.3) is 22.4 Å². The number of hydrogen-bond acceptors (Lipinski definition) is 5. The lowest BCUT2D eigenvalue weighted by Crippen LogP contribution is -2.02. The minimum atomic E-state index is -0.715. The fraction of sp³-hybridized carbons (Fsp3) is 0.214. The summed E-state index contributed by atoms with van der Waals surface area (Å²) in [6.07, 6.45) is 0.897. The van der Waals surface area contributed by atoms with Crippen LogP contribution in [0.2, 0.25) is 0 Å². The number of nitrogens with one attached hydrogen (secondary N) is 1. The largest absolute Gasteiger partial charge is 0.497 e. The number of methoxy groups -OCH3 is 1. The van der Waals surface area contributed by atoms with Crippen molar-refractivity contribution in [2.24, 2.45) is 0 Å². The molecule has 6 heteroatoms. The molecular weight excluding hydrogens is 256 g/mol. The molecule has 6 nitrogen and oxygen atoms in total. The lowest BCUT2D eigenvalue weighted by atomic mass is 10.1. The Morgan fingerprint density at radius 1 is 1.20 bits per heavy atom. The summed E-state index contributed by atoms with van der Waals surface area (Å²) in [4.78, 5) is 8.92. The summed E-state index contributed by atoms with van der Waals surface area (Å²) in [7, 11) is 1.62. The van der Waals surface area contributed by atoms with Gasteiger partial charge in [-0.25, -0.2) is 9.97 Å². The number of aliphatic hydroxyl groups excluding tert-OH is 1. The Hall–Kier alpha value is -2.47. The number of ether oxygens (including phenoxy) is 1. The average molecular weight is 270 g/mol. The molecule has 1 unspecified atom stereocenters. The Bertz CT molecular complexity index is 735. The van der Waals surface area contributed by atoms with Gasteiger partial charge in [-0.15, -0.1) is 0 Å². The maximum absolute atomic E-state index is 9.90. The number of rotatable bonds is 3. The standard InChI is InChI=1S/C14H14N4O2/c1-8(19)12-13(9-3-5-10(20-2)6-4-9)16-11-7-15-18-14(11)17-12/h3-8,19H,1-2H3,(H,15,17,18). The first-order valence-electron chi connectivity index (χ1n) is 6.22. The molecule has 3 aromatic rings. The molecule has 20 heavy (non-hydrogen) atoms. The molecule has 1 aromatic carbocycles. The van der Waals surface area contributed by atoms with Gasteiger partial charge in [-0.05, 0) is 31.2 Å². The minimum absolute atomic E-state index is 0.520. The fourth-order valence-electron chi connectivity index (χ4n) is 2.04. The van der Waals surface area contributed by atoms with Crippen molar-refractivity contribution in [1.29, 1.82) is 0 Å². The molecule has 0 aliphatic carbocycles. The minimum Gasteiger partial charge on any atom is -0.497 e. The van der Waals surface area contributed by atoms with Crippen molar-refractivity contribution in [1.82, 2.24) is 20.2 Å². The smallest absolute Gasteiger partial charge is 0.174 e. The van der Waals surface area contributed by atoms with Crippen molar-refractivity contribution in [2.45, 2.75) is 13.0 Å². The van der Waals surface area contributed by atoms with E-state index in [9.17, 15) is 5.11 Å². The maximum atomic E-state index is 9.90. The first-order chi connectivity index (χ1) is 9.69. The summed E-state index contributed by atoms with van der Waals surface area (Å²) in [6, 6.07) is 7.48. The summed E-state index contributed by atoms with van der Waals surface area (Å²) in [5.41, 5.74) is 3.28. The zero-order valence-electron chi connectivity index (χ0n) is 11.2. The Kier molecular flexibility index (Phi) is 3.08. The van der Waals surface area contributed by atoms with Crippen LogP contribution in [-0.4, -0.2) is 32.4 Å². The van der Waals surface area contributed by atoms with E-state index in [-0.39, 0.29) is 0 Å². The number of nitrogens with zero attached hydrogens (tertiary/aromatic N) is 3. The first-order valence-corrected chi connectivity index (χ1v) is 6.22. The molecule has 2 heterocycles. The molecule has 0 fully saturated rings. The number of aromatic amines is 1. The van der Waals surface area contributed by atoms with Gasteiger partial charge in [0.2, 0.25) is 0 Å². The average Bonchev–Trinajstić information content (AvgIpc) is 2.93. The van der Waals surface area contributed by atoms with Crippen LogP contribution < -0.4 is 4.74 Å². The quantitative estimate of drug-likeness (QED) is 0.761. The van der Waals surface area contributed by atoms with Crippen molar-refractivity contribution in [2.75, 3.05) is 7.11 Å². The summed E-state index contributed by atoms with van der Waals surface area (Å²) < 4.78 is 5.14. The topological polar surface area (TPSA) is 83.9 Å². The van der Waals surface area contributed by atoms with Gasteiger partial charge in [-0.2, -0.15) is 5.10 Å². The molecule has 0 aliphatic heterocycles. The number of hydrogen-bond donors (Lipinski definition) is 2. The Morgan fingerprint density at radius 2 is 1.95 bits per heavy atom. The van der Waals surface area contributed by atoms with Crippen molar-refractivity contribution in [3.05, 3.63) is 36.2 Å². The first kappa shape index (κ1) is 12.6. The van der Waals surface area contributed by atoms with Crippen LogP contribution in [0, 0.1) is 0 Å². The van der Waals surface area contributed by atoms with E-state index in [1.54, 1.807) is 20.2 Å². The fourth-order valence-corrected chi connectivity index (χ4v) is 2.04. The van der Waals surface area contributed by atoms with Gasteiger partial charge in [0.05, 0.1) is 30.8 Å². The molecule has 102 valence electrons. The van der Waals surface area contributed by atoms with Gasteiger partial charge < -0.3 is 9.84 Å². The van der Waals surface area contributed by atoms with Gasteiger partial charge >= 0.3 is 0 Å². The number of H-pyrrole nitrogens is 1. The van der Waals surface area contributed by atoms with Crippen LogP contribution in [0.1, 0.15) is 18.7 Å². The van der Waals surface area contributed by atoms with Crippen LogP contribution in [0.5, 0.6) is 5.75 Å². The highest BCUT2D eigenvalue weighted by molar-refractivity contribution is 5.75. The summed E-state index contributed by atoms with van der Waals surface area (Å²) in [5.74, 6) is 0.768. The number of aliphatic hydroxyl groups is 1. The molecular formula is C14H14N4O2. The van der Waals surface area contributed by atoms with Gasteiger partial charge in [-0.1, -0.05) is 0 Å². The molecule has 0 saturated carbocycles. The second kappa shape index (κ2) is 4.90. The van der Waals surface area contributed by atoms with Gasteiger partial charge in [0.25, 0.3) is 0 Å². The highest BCUT2D eigenvalue weighted by atomic mass is 16.5. The van der Waals surface area contributed by atoms with Crippen LogP contribution in [0.4, 0.5) is 0 Å². The van der Waals surface area contributed by atoms with Crippen LogP contribution in [-0.2, 0) is 0 Å². The normalized spacial score (nSPS) is 12.6. The van der Waals surface area contributed by atoms with E-state index in [1.807, 2.05) is 24.3 Å². The third-order valence-corrected chi connectivity index (χ3v) is 3.07. The lowest BCUT2D eigenvalue weighted by molar-refractivity contribution is 0.195. The predicted molar refractivity (Wildman–Crippen MR) is 74.3 cm³/mol. The van der Waals surface area contributed by atoms with Crippen LogP contribution >= 0.6 is 0 Å². The number of fused-ring (bicyclic) bond motifs is 1. The van der Waals surface area contributed by atoms with E-state index in [2.05, 4.69) is 20.2 Å². The van der Waals surface area contributed by atoms with E-state index in [0.717, 1.165) is 11.3 Å². The summed E-state index contributed by atoms with van der Waals surface area (Å²) in [6.45, 7) is 1.67. The summed E-state index contributed by atoms with van der Waals surface area (Å²) in [5, 5.41) is 16.6. The zero-order chi connectivity index (χ0) is 14.1.